The standard InChI is InChI=1S/C14H23NO/c1-5-11(3)15-12(4)13-9-7-8-10-14(13)16-6-2/h7-12,15H,5-6H2,1-4H3. The van der Waals surface area contributed by atoms with Gasteiger partial charge in [-0.3, -0.25) is 0 Å². The summed E-state index contributed by atoms with van der Waals surface area (Å²) in [6.07, 6.45) is 1.14. The van der Waals surface area contributed by atoms with Crippen molar-refractivity contribution in [1.29, 1.82) is 0 Å². The fourth-order valence-electron chi connectivity index (χ4n) is 1.76. The Bertz CT molecular complexity index is 311. The van der Waals surface area contributed by atoms with Crippen molar-refractivity contribution in [1.82, 2.24) is 5.32 Å². The zero-order valence-electron chi connectivity index (χ0n) is 10.8. The van der Waals surface area contributed by atoms with Crippen molar-refractivity contribution >= 4 is 0 Å². The van der Waals surface area contributed by atoms with Crippen LogP contribution in [0.1, 0.15) is 45.7 Å². The van der Waals surface area contributed by atoms with Gasteiger partial charge in [-0.15, -0.1) is 0 Å². The van der Waals surface area contributed by atoms with Crippen molar-refractivity contribution in [2.75, 3.05) is 6.61 Å². The zero-order valence-corrected chi connectivity index (χ0v) is 10.8. The molecule has 1 N–H and O–H groups in total. The third-order valence-corrected chi connectivity index (χ3v) is 2.83. The van der Waals surface area contributed by atoms with Crippen LogP contribution in [0.3, 0.4) is 0 Å². The highest BCUT2D eigenvalue weighted by Gasteiger charge is 2.12. The Balaban J connectivity index is 2.77. The van der Waals surface area contributed by atoms with E-state index in [4.69, 9.17) is 4.74 Å². The van der Waals surface area contributed by atoms with Gasteiger partial charge in [0.15, 0.2) is 0 Å². The van der Waals surface area contributed by atoms with Crippen molar-refractivity contribution in [2.24, 2.45) is 0 Å². The summed E-state index contributed by atoms with van der Waals surface area (Å²) in [5.74, 6) is 0.994. The van der Waals surface area contributed by atoms with Crippen LogP contribution in [0, 0.1) is 0 Å². The Morgan fingerprint density at radius 1 is 1.19 bits per heavy atom. The molecule has 0 bridgehead atoms. The van der Waals surface area contributed by atoms with Crippen molar-refractivity contribution in [3.8, 4) is 5.75 Å². The zero-order chi connectivity index (χ0) is 12.0. The molecule has 0 aliphatic heterocycles. The van der Waals surface area contributed by atoms with Crippen LogP contribution in [-0.2, 0) is 0 Å². The summed E-state index contributed by atoms with van der Waals surface area (Å²) in [5.41, 5.74) is 1.24. The minimum Gasteiger partial charge on any atom is -0.494 e. The van der Waals surface area contributed by atoms with Crippen LogP contribution in [0.4, 0.5) is 0 Å². The van der Waals surface area contributed by atoms with Gasteiger partial charge in [0.05, 0.1) is 6.61 Å². The van der Waals surface area contributed by atoms with Crippen molar-refractivity contribution < 1.29 is 4.74 Å². The molecule has 0 fully saturated rings. The van der Waals surface area contributed by atoms with Crippen LogP contribution in [0.5, 0.6) is 5.75 Å². The van der Waals surface area contributed by atoms with Gasteiger partial charge in [0.25, 0.3) is 0 Å². The average Bonchev–Trinajstić information content (AvgIpc) is 2.30. The van der Waals surface area contributed by atoms with E-state index in [1.807, 2.05) is 19.1 Å². The van der Waals surface area contributed by atoms with Gasteiger partial charge in [0.2, 0.25) is 0 Å². The first-order chi connectivity index (χ1) is 7.69. The quantitative estimate of drug-likeness (QED) is 0.793. The van der Waals surface area contributed by atoms with Gasteiger partial charge >= 0.3 is 0 Å². The molecule has 0 heterocycles. The number of benzene rings is 1. The molecule has 1 rings (SSSR count). The molecule has 0 amide bonds. The van der Waals surface area contributed by atoms with Crippen LogP contribution in [0.25, 0.3) is 0 Å². The van der Waals surface area contributed by atoms with Gasteiger partial charge in [-0.25, -0.2) is 0 Å². The third kappa shape index (κ3) is 3.53. The molecule has 2 nitrogen and oxygen atoms in total. The molecule has 2 unspecified atom stereocenters. The first-order valence-corrected chi connectivity index (χ1v) is 6.16. The van der Waals surface area contributed by atoms with Crippen molar-refractivity contribution in [2.45, 2.75) is 46.2 Å². The topological polar surface area (TPSA) is 21.3 Å². The van der Waals surface area contributed by atoms with Gasteiger partial charge in [0.1, 0.15) is 5.75 Å². The highest BCUT2D eigenvalue weighted by atomic mass is 16.5. The predicted octanol–water partition coefficient (Wildman–Crippen LogP) is 3.53. The number of rotatable bonds is 6. The lowest BCUT2D eigenvalue weighted by Gasteiger charge is -2.21. The third-order valence-electron chi connectivity index (χ3n) is 2.83. The van der Waals surface area contributed by atoms with E-state index in [2.05, 4.69) is 38.2 Å². The summed E-state index contributed by atoms with van der Waals surface area (Å²) in [4.78, 5) is 0. The fourth-order valence-corrected chi connectivity index (χ4v) is 1.76. The first-order valence-electron chi connectivity index (χ1n) is 6.16. The highest BCUT2D eigenvalue weighted by Crippen LogP contribution is 2.25. The lowest BCUT2D eigenvalue weighted by Crippen LogP contribution is -2.28. The summed E-state index contributed by atoms with van der Waals surface area (Å²) in [6, 6.07) is 9.11. The van der Waals surface area contributed by atoms with E-state index in [0.717, 1.165) is 12.2 Å². The van der Waals surface area contributed by atoms with E-state index in [1.54, 1.807) is 0 Å². The predicted molar refractivity (Wildman–Crippen MR) is 68.9 cm³/mol. The normalized spacial score (nSPS) is 14.5. The number of ether oxygens (including phenoxy) is 1. The van der Waals surface area contributed by atoms with E-state index < -0.39 is 0 Å². The maximum absolute atomic E-state index is 5.63. The van der Waals surface area contributed by atoms with E-state index in [1.165, 1.54) is 5.56 Å². The number of hydrogen-bond acceptors (Lipinski definition) is 2. The lowest BCUT2D eigenvalue weighted by atomic mass is 10.1. The molecule has 0 radical (unpaired) electrons. The minimum atomic E-state index is 0.331. The molecule has 0 saturated heterocycles. The monoisotopic (exact) mass is 221 g/mol. The van der Waals surface area contributed by atoms with Gasteiger partial charge in [-0.2, -0.15) is 0 Å². The summed E-state index contributed by atoms with van der Waals surface area (Å²) in [7, 11) is 0. The second-order valence-corrected chi connectivity index (χ2v) is 4.17. The van der Waals surface area contributed by atoms with Gasteiger partial charge in [0, 0.05) is 17.6 Å². The second kappa shape index (κ2) is 6.54. The fraction of sp³-hybridized carbons (Fsp3) is 0.571. The van der Waals surface area contributed by atoms with E-state index in [-0.39, 0.29) is 0 Å². The molecule has 16 heavy (non-hydrogen) atoms. The lowest BCUT2D eigenvalue weighted by molar-refractivity contribution is 0.330. The van der Waals surface area contributed by atoms with E-state index in [0.29, 0.717) is 18.7 Å². The Morgan fingerprint density at radius 3 is 2.50 bits per heavy atom. The first kappa shape index (κ1) is 13.0. The second-order valence-electron chi connectivity index (χ2n) is 4.17. The summed E-state index contributed by atoms with van der Waals surface area (Å²) >= 11 is 0. The molecule has 1 aromatic carbocycles. The maximum Gasteiger partial charge on any atom is 0.124 e. The molecule has 0 saturated carbocycles. The Morgan fingerprint density at radius 2 is 1.88 bits per heavy atom. The van der Waals surface area contributed by atoms with Crippen LogP contribution in [0.15, 0.2) is 24.3 Å². The molecule has 0 aliphatic carbocycles. The number of nitrogens with one attached hydrogen (secondary N) is 1. The number of hydrogen-bond donors (Lipinski definition) is 1. The van der Waals surface area contributed by atoms with Crippen molar-refractivity contribution in [3.05, 3.63) is 29.8 Å². The van der Waals surface area contributed by atoms with Gasteiger partial charge < -0.3 is 10.1 Å². The molecular weight excluding hydrogens is 198 g/mol. The highest BCUT2D eigenvalue weighted by molar-refractivity contribution is 5.35. The molecule has 0 aliphatic rings. The van der Waals surface area contributed by atoms with Crippen LogP contribution >= 0.6 is 0 Å². The molecule has 1 aromatic rings. The molecule has 90 valence electrons. The molecule has 2 heteroatoms. The van der Waals surface area contributed by atoms with E-state index >= 15 is 0 Å². The Kier molecular flexibility index (Phi) is 5.33. The molecule has 0 aromatic heterocycles. The average molecular weight is 221 g/mol. The molecule has 0 spiro atoms. The molecular formula is C14H23NO. The van der Waals surface area contributed by atoms with E-state index in [9.17, 15) is 0 Å². The minimum absolute atomic E-state index is 0.331. The Labute approximate surface area is 99.0 Å². The summed E-state index contributed by atoms with van der Waals surface area (Å²) < 4.78 is 5.63. The number of para-hydroxylation sites is 1. The smallest absolute Gasteiger partial charge is 0.124 e. The summed E-state index contributed by atoms with van der Waals surface area (Å²) in [6.45, 7) is 9.32. The SMILES string of the molecule is CCOc1ccccc1C(C)NC(C)CC. The summed E-state index contributed by atoms with van der Waals surface area (Å²) in [5, 5.41) is 3.56. The molecule has 2 atom stereocenters. The maximum atomic E-state index is 5.63. The van der Waals surface area contributed by atoms with Gasteiger partial charge in [-0.1, -0.05) is 25.1 Å². The Hall–Kier alpha value is -1.02. The van der Waals surface area contributed by atoms with Crippen LogP contribution in [0.2, 0.25) is 0 Å². The van der Waals surface area contributed by atoms with Gasteiger partial charge in [-0.05, 0) is 33.3 Å². The largest absolute Gasteiger partial charge is 0.494 e. The van der Waals surface area contributed by atoms with Crippen LogP contribution in [-0.4, -0.2) is 12.6 Å². The van der Waals surface area contributed by atoms with Crippen LogP contribution < -0.4 is 10.1 Å². The van der Waals surface area contributed by atoms with Crippen molar-refractivity contribution in [3.63, 3.8) is 0 Å².